The Morgan fingerprint density at radius 2 is 2.24 bits per heavy atom. The van der Waals surface area contributed by atoms with E-state index in [9.17, 15) is 13.2 Å². The Balaban J connectivity index is 2.31. The normalized spacial score (nSPS) is 22.7. The SMILES string of the molecule is CN1CCNC(c2cnccc2C(F)(F)F)C1. The molecule has 0 aliphatic carbocycles. The van der Waals surface area contributed by atoms with Gasteiger partial charge in [0.15, 0.2) is 0 Å². The first-order chi connectivity index (χ1) is 7.98. The fourth-order valence-corrected chi connectivity index (χ4v) is 2.05. The molecule has 1 atom stereocenters. The van der Waals surface area contributed by atoms with Gasteiger partial charge in [0.2, 0.25) is 0 Å². The first-order valence-corrected chi connectivity index (χ1v) is 5.41. The van der Waals surface area contributed by atoms with E-state index in [2.05, 4.69) is 10.3 Å². The number of pyridine rings is 1. The van der Waals surface area contributed by atoms with Crippen LogP contribution in [-0.4, -0.2) is 36.6 Å². The number of alkyl halides is 3. The van der Waals surface area contributed by atoms with E-state index in [1.807, 2.05) is 11.9 Å². The number of rotatable bonds is 1. The average Bonchev–Trinajstić information content (AvgIpc) is 2.28. The highest BCUT2D eigenvalue weighted by Gasteiger charge is 2.35. The van der Waals surface area contributed by atoms with Gasteiger partial charge in [-0.25, -0.2) is 0 Å². The largest absolute Gasteiger partial charge is 0.416 e. The van der Waals surface area contributed by atoms with Crippen LogP contribution in [0.25, 0.3) is 0 Å². The van der Waals surface area contributed by atoms with Gasteiger partial charge in [-0.1, -0.05) is 0 Å². The van der Waals surface area contributed by atoms with Gasteiger partial charge in [0.1, 0.15) is 0 Å². The van der Waals surface area contributed by atoms with E-state index in [0.717, 1.165) is 12.6 Å². The van der Waals surface area contributed by atoms with Crippen LogP contribution >= 0.6 is 0 Å². The van der Waals surface area contributed by atoms with Gasteiger partial charge < -0.3 is 10.2 Å². The smallest absolute Gasteiger partial charge is 0.308 e. The number of likely N-dealkylation sites (N-methyl/N-ethyl adjacent to an activating group) is 1. The molecule has 1 aromatic rings. The first-order valence-electron chi connectivity index (χ1n) is 5.41. The van der Waals surface area contributed by atoms with Gasteiger partial charge in [-0.2, -0.15) is 13.2 Å². The molecule has 0 spiro atoms. The Morgan fingerprint density at radius 3 is 2.88 bits per heavy atom. The molecule has 0 aromatic carbocycles. The standard InChI is InChI=1S/C11H14F3N3/c1-17-5-4-16-10(7-17)8-6-15-3-2-9(8)11(12,13)14/h2-3,6,10,16H,4-5,7H2,1H3. The lowest BCUT2D eigenvalue weighted by molar-refractivity contribution is -0.138. The van der Waals surface area contributed by atoms with Gasteiger partial charge in [0, 0.05) is 43.6 Å². The van der Waals surface area contributed by atoms with Gasteiger partial charge in [-0.15, -0.1) is 0 Å². The molecule has 1 saturated heterocycles. The molecule has 1 aromatic heterocycles. The van der Waals surface area contributed by atoms with Gasteiger partial charge in [-0.05, 0) is 13.1 Å². The molecule has 2 rings (SSSR count). The van der Waals surface area contributed by atoms with Crippen molar-refractivity contribution >= 4 is 0 Å². The highest BCUT2D eigenvalue weighted by Crippen LogP contribution is 2.34. The summed E-state index contributed by atoms with van der Waals surface area (Å²) in [5.74, 6) is 0. The summed E-state index contributed by atoms with van der Waals surface area (Å²) in [6.45, 7) is 2.10. The Hall–Kier alpha value is -1.14. The summed E-state index contributed by atoms with van der Waals surface area (Å²) in [5.41, 5.74) is -0.369. The molecule has 17 heavy (non-hydrogen) atoms. The van der Waals surface area contributed by atoms with Crippen molar-refractivity contribution in [2.75, 3.05) is 26.7 Å². The fraction of sp³-hybridized carbons (Fsp3) is 0.545. The number of hydrogen-bond acceptors (Lipinski definition) is 3. The Labute approximate surface area is 97.6 Å². The van der Waals surface area contributed by atoms with Crippen LogP contribution in [0.15, 0.2) is 18.5 Å². The second kappa shape index (κ2) is 4.62. The molecule has 3 nitrogen and oxygen atoms in total. The van der Waals surface area contributed by atoms with Crippen LogP contribution in [0.4, 0.5) is 13.2 Å². The third-order valence-corrected chi connectivity index (χ3v) is 2.91. The minimum Gasteiger partial charge on any atom is -0.308 e. The maximum atomic E-state index is 12.8. The van der Waals surface area contributed by atoms with Crippen LogP contribution in [0.3, 0.4) is 0 Å². The van der Waals surface area contributed by atoms with Crippen molar-refractivity contribution in [3.8, 4) is 0 Å². The molecule has 1 unspecified atom stereocenters. The summed E-state index contributed by atoms with van der Waals surface area (Å²) in [7, 11) is 1.90. The van der Waals surface area contributed by atoms with Crippen molar-refractivity contribution in [1.82, 2.24) is 15.2 Å². The summed E-state index contributed by atoms with van der Waals surface area (Å²) < 4.78 is 38.5. The maximum Gasteiger partial charge on any atom is 0.416 e. The Morgan fingerprint density at radius 1 is 1.47 bits per heavy atom. The predicted molar refractivity (Wildman–Crippen MR) is 57.5 cm³/mol. The molecule has 0 amide bonds. The molecule has 0 bridgehead atoms. The molecule has 1 fully saturated rings. The molecule has 1 aliphatic rings. The van der Waals surface area contributed by atoms with Crippen LogP contribution in [0.2, 0.25) is 0 Å². The number of aromatic nitrogens is 1. The van der Waals surface area contributed by atoms with Gasteiger partial charge >= 0.3 is 6.18 Å². The van der Waals surface area contributed by atoms with Crippen molar-refractivity contribution in [2.45, 2.75) is 12.2 Å². The average molecular weight is 245 g/mol. The van der Waals surface area contributed by atoms with E-state index in [1.54, 1.807) is 0 Å². The van der Waals surface area contributed by atoms with Crippen molar-refractivity contribution < 1.29 is 13.2 Å². The predicted octanol–water partition coefficient (Wildman–Crippen LogP) is 1.68. The number of nitrogens with zero attached hydrogens (tertiary/aromatic N) is 2. The van der Waals surface area contributed by atoms with Gasteiger partial charge in [0.05, 0.1) is 5.56 Å². The summed E-state index contributed by atoms with van der Waals surface area (Å²) in [6.07, 6.45) is -1.84. The number of nitrogens with one attached hydrogen (secondary N) is 1. The van der Waals surface area contributed by atoms with Crippen molar-refractivity contribution in [3.63, 3.8) is 0 Å². The molecule has 1 aliphatic heterocycles. The lowest BCUT2D eigenvalue weighted by Gasteiger charge is -2.32. The summed E-state index contributed by atoms with van der Waals surface area (Å²) in [5, 5.41) is 3.10. The van der Waals surface area contributed by atoms with E-state index < -0.39 is 11.7 Å². The second-order valence-electron chi connectivity index (χ2n) is 4.23. The van der Waals surface area contributed by atoms with Gasteiger partial charge in [0.25, 0.3) is 0 Å². The van der Waals surface area contributed by atoms with Gasteiger partial charge in [-0.3, -0.25) is 4.98 Å². The van der Waals surface area contributed by atoms with Crippen LogP contribution in [0.1, 0.15) is 17.2 Å². The summed E-state index contributed by atoms with van der Waals surface area (Å²) in [6, 6.07) is 0.727. The van der Waals surface area contributed by atoms with E-state index in [0.29, 0.717) is 13.1 Å². The second-order valence-corrected chi connectivity index (χ2v) is 4.23. The van der Waals surface area contributed by atoms with Crippen molar-refractivity contribution in [3.05, 3.63) is 29.6 Å². The number of halogens is 3. The summed E-state index contributed by atoms with van der Waals surface area (Å²) in [4.78, 5) is 5.81. The zero-order chi connectivity index (χ0) is 12.5. The molecule has 94 valence electrons. The van der Waals surface area contributed by atoms with Crippen molar-refractivity contribution in [1.29, 1.82) is 0 Å². The van der Waals surface area contributed by atoms with E-state index in [-0.39, 0.29) is 11.6 Å². The minimum atomic E-state index is -4.32. The van der Waals surface area contributed by atoms with Crippen LogP contribution < -0.4 is 5.32 Å². The highest BCUT2D eigenvalue weighted by molar-refractivity contribution is 5.29. The van der Waals surface area contributed by atoms with Crippen LogP contribution in [0, 0.1) is 0 Å². The molecular formula is C11H14F3N3. The third-order valence-electron chi connectivity index (χ3n) is 2.91. The highest BCUT2D eigenvalue weighted by atomic mass is 19.4. The van der Waals surface area contributed by atoms with E-state index in [1.165, 1.54) is 12.4 Å². The first kappa shape index (κ1) is 12.3. The molecule has 1 N–H and O–H groups in total. The van der Waals surface area contributed by atoms with E-state index in [4.69, 9.17) is 0 Å². The quantitative estimate of drug-likeness (QED) is 0.816. The summed E-state index contributed by atoms with van der Waals surface area (Å²) >= 11 is 0. The molecule has 0 radical (unpaired) electrons. The molecular weight excluding hydrogens is 231 g/mol. The number of hydrogen-bond donors (Lipinski definition) is 1. The van der Waals surface area contributed by atoms with Crippen LogP contribution in [0.5, 0.6) is 0 Å². The molecule has 2 heterocycles. The minimum absolute atomic E-state index is 0.228. The Kier molecular flexibility index (Phi) is 3.35. The molecule has 6 heteroatoms. The Bertz CT molecular complexity index is 392. The zero-order valence-electron chi connectivity index (χ0n) is 9.46. The van der Waals surface area contributed by atoms with E-state index >= 15 is 0 Å². The van der Waals surface area contributed by atoms with Crippen molar-refractivity contribution in [2.24, 2.45) is 0 Å². The van der Waals surface area contributed by atoms with Crippen LogP contribution in [-0.2, 0) is 6.18 Å². The monoisotopic (exact) mass is 245 g/mol. The molecule has 0 saturated carbocycles. The zero-order valence-corrected chi connectivity index (χ0v) is 9.46. The lowest BCUT2D eigenvalue weighted by atomic mass is 10.0. The lowest BCUT2D eigenvalue weighted by Crippen LogP contribution is -2.44. The third kappa shape index (κ3) is 2.76. The maximum absolute atomic E-state index is 12.8. The number of piperazine rings is 1. The topological polar surface area (TPSA) is 28.2 Å². The fourth-order valence-electron chi connectivity index (χ4n) is 2.05.